The van der Waals surface area contributed by atoms with Crippen LogP contribution in [-0.4, -0.2) is 25.0 Å². The fourth-order valence-corrected chi connectivity index (χ4v) is 1.92. The molecule has 0 aliphatic heterocycles. The van der Waals surface area contributed by atoms with Gasteiger partial charge in [-0.05, 0) is 43.3 Å². The van der Waals surface area contributed by atoms with Gasteiger partial charge in [0.05, 0.1) is 12.2 Å². The molecule has 0 aromatic heterocycles. The van der Waals surface area contributed by atoms with Crippen LogP contribution in [0.3, 0.4) is 0 Å². The van der Waals surface area contributed by atoms with Crippen molar-refractivity contribution < 1.29 is 14.6 Å². The number of phenolic OH excluding ortho intramolecular Hbond substituents is 1. The second-order valence-electron chi connectivity index (χ2n) is 4.35. The number of hydrogen-bond acceptors (Lipinski definition) is 4. The molecule has 4 heteroatoms. The van der Waals surface area contributed by atoms with E-state index in [1.165, 1.54) is 0 Å². The smallest absolute Gasteiger partial charge is 0.153 e. The Morgan fingerprint density at radius 1 is 1.15 bits per heavy atom. The van der Waals surface area contributed by atoms with Gasteiger partial charge in [0.2, 0.25) is 0 Å². The van der Waals surface area contributed by atoms with Gasteiger partial charge in [-0.15, -0.1) is 0 Å². The second kappa shape index (κ2) is 6.10. The number of carbonyl (C=O) groups excluding carboxylic acids is 1. The first kappa shape index (κ1) is 13.9. The van der Waals surface area contributed by atoms with Gasteiger partial charge >= 0.3 is 0 Å². The predicted molar refractivity (Wildman–Crippen MR) is 79.2 cm³/mol. The highest BCUT2D eigenvalue weighted by atomic mass is 16.5. The summed E-state index contributed by atoms with van der Waals surface area (Å²) in [5, 5.41) is 9.72. The van der Waals surface area contributed by atoms with Crippen molar-refractivity contribution >= 4 is 17.7 Å². The molecule has 0 aliphatic rings. The van der Waals surface area contributed by atoms with Crippen molar-refractivity contribution in [2.24, 2.45) is 0 Å². The van der Waals surface area contributed by atoms with E-state index in [1.54, 1.807) is 18.2 Å². The largest absolute Gasteiger partial charge is 0.507 e. The molecule has 2 rings (SSSR count). The Labute approximate surface area is 118 Å². The number of aromatic hydroxyl groups is 1. The van der Waals surface area contributed by atoms with Crippen LogP contribution in [-0.2, 0) is 0 Å². The van der Waals surface area contributed by atoms with Gasteiger partial charge in [0.1, 0.15) is 11.5 Å². The molecule has 1 N–H and O–H groups in total. The Kier molecular flexibility index (Phi) is 4.25. The van der Waals surface area contributed by atoms with Crippen LogP contribution in [0.2, 0.25) is 0 Å². The summed E-state index contributed by atoms with van der Waals surface area (Å²) >= 11 is 0. The van der Waals surface area contributed by atoms with Crippen LogP contribution in [0.1, 0.15) is 17.3 Å². The third-order valence-electron chi connectivity index (χ3n) is 3.06. The zero-order valence-electron chi connectivity index (χ0n) is 11.5. The summed E-state index contributed by atoms with van der Waals surface area (Å²) in [6.45, 7) is 2.58. The highest BCUT2D eigenvalue weighted by Gasteiger charge is 2.07. The van der Waals surface area contributed by atoms with Gasteiger partial charge in [0.25, 0.3) is 0 Å². The fourth-order valence-electron chi connectivity index (χ4n) is 1.92. The van der Waals surface area contributed by atoms with Crippen LogP contribution in [0.15, 0.2) is 42.5 Å². The van der Waals surface area contributed by atoms with Gasteiger partial charge in [0.15, 0.2) is 6.29 Å². The number of anilines is 2. The molecular weight excluding hydrogens is 254 g/mol. The van der Waals surface area contributed by atoms with Crippen molar-refractivity contribution in [3.8, 4) is 11.5 Å². The molecule has 20 heavy (non-hydrogen) atoms. The molecule has 0 saturated carbocycles. The lowest BCUT2D eigenvalue weighted by molar-refractivity contribution is 0.112. The monoisotopic (exact) mass is 271 g/mol. The van der Waals surface area contributed by atoms with Gasteiger partial charge in [-0.25, -0.2) is 0 Å². The van der Waals surface area contributed by atoms with Gasteiger partial charge in [-0.3, -0.25) is 4.79 Å². The predicted octanol–water partition coefficient (Wildman–Crippen LogP) is 3.37. The molecule has 0 heterocycles. The number of phenols is 1. The maximum Gasteiger partial charge on any atom is 0.153 e. The maximum absolute atomic E-state index is 10.7. The SMILES string of the molecule is CCOc1ccc(N(C)c2ccc(C=O)c(O)c2)cc1. The molecule has 0 fully saturated rings. The van der Waals surface area contributed by atoms with Crippen molar-refractivity contribution in [3.05, 3.63) is 48.0 Å². The first-order valence-corrected chi connectivity index (χ1v) is 6.40. The molecule has 0 aliphatic carbocycles. The Morgan fingerprint density at radius 2 is 1.80 bits per heavy atom. The van der Waals surface area contributed by atoms with Crippen LogP contribution >= 0.6 is 0 Å². The number of aldehydes is 1. The van der Waals surface area contributed by atoms with Crippen LogP contribution < -0.4 is 9.64 Å². The minimum Gasteiger partial charge on any atom is -0.507 e. The Balaban J connectivity index is 2.24. The normalized spacial score (nSPS) is 10.1. The van der Waals surface area contributed by atoms with E-state index < -0.39 is 0 Å². The van der Waals surface area contributed by atoms with Crippen molar-refractivity contribution in [2.75, 3.05) is 18.6 Å². The van der Waals surface area contributed by atoms with Crippen LogP contribution in [0, 0.1) is 0 Å². The lowest BCUT2D eigenvalue weighted by atomic mass is 10.1. The first-order valence-electron chi connectivity index (χ1n) is 6.40. The van der Waals surface area contributed by atoms with Crippen molar-refractivity contribution in [1.29, 1.82) is 0 Å². The van der Waals surface area contributed by atoms with Gasteiger partial charge < -0.3 is 14.7 Å². The minimum absolute atomic E-state index is 0.0183. The molecule has 2 aromatic rings. The minimum atomic E-state index is -0.0183. The zero-order valence-corrected chi connectivity index (χ0v) is 11.5. The standard InChI is InChI=1S/C16H17NO3/c1-3-20-15-8-6-13(7-9-15)17(2)14-5-4-12(11-18)16(19)10-14/h4-11,19H,3H2,1-2H3. The number of ether oxygens (including phenoxy) is 1. The van der Waals surface area contributed by atoms with E-state index in [0.29, 0.717) is 12.9 Å². The number of benzene rings is 2. The van der Waals surface area contributed by atoms with E-state index in [4.69, 9.17) is 4.74 Å². The topological polar surface area (TPSA) is 49.8 Å². The fraction of sp³-hybridized carbons (Fsp3) is 0.188. The Hall–Kier alpha value is -2.49. The molecule has 0 unspecified atom stereocenters. The average Bonchev–Trinajstić information content (AvgIpc) is 2.47. The third-order valence-corrected chi connectivity index (χ3v) is 3.06. The van der Waals surface area contributed by atoms with E-state index in [2.05, 4.69) is 0 Å². The highest BCUT2D eigenvalue weighted by Crippen LogP contribution is 2.29. The lowest BCUT2D eigenvalue weighted by Crippen LogP contribution is -2.09. The summed E-state index contributed by atoms with van der Waals surface area (Å²) in [4.78, 5) is 12.6. The number of carbonyl (C=O) groups is 1. The highest BCUT2D eigenvalue weighted by molar-refractivity contribution is 5.81. The molecule has 0 saturated heterocycles. The number of hydrogen-bond donors (Lipinski definition) is 1. The molecule has 0 amide bonds. The van der Waals surface area contributed by atoms with E-state index >= 15 is 0 Å². The summed E-state index contributed by atoms with van der Waals surface area (Å²) in [6.07, 6.45) is 0.635. The van der Waals surface area contributed by atoms with E-state index in [0.717, 1.165) is 17.1 Å². The van der Waals surface area contributed by atoms with E-state index in [-0.39, 0.29) is 11.3 Å². The van der Waals surface area contributed by atoms with Crippen LogP contribution in [0.4, 0.5) is 11.4 Å². The van der Waals surface area contributed by atoms with E-state index in [9.17, 15) is 9.90 Å². The molecular formula is C16H17NO3. The lowest BCUT2D eigenvalue weighted by Gasteiger charge is -2.20. The van der Waals surface area contributed by atoms with Crippen molar-refractivity contribution in [1.82, 2.24) is 0 Å². The average molecular weight is 271 g/mol. The van der Waals surface area contributed by atoms with Crippen LogP contribution in [0.5, 0.6) is 11.5 Å². The summed E-state index contributed by atoms with van der Waals surface area (Å²) in [5.74, 6) is 0.805. The molecule has 0 radical (unpaired) electrons. The molecule has 0 atom stereocenters. The van der Waals surface area contributed by atoms with E-state index in [1.807, 2.05) is 43.1 Å². The molecule has 4 nitrogen and oxygen atoms in total. The molecule has 104 valence electrons. The summed E-state index contributed by atoms with van der Waals surface area (Å²) in [7, 11) is 1.89. The second-order valence-corrected chi connectivity index (χ2v) is 4.35. The zero-order chi connectivity index (χ0) is 14.5. The van der Waals surface area contributed by atoms with Gasteiger partial charge in [-0.2, -0.15) is 0 Å². The summed E-state index contributed by atoms with van der Waals surface area (Å²) in [5.41, 5.74) is 2.05. The number of rotatable bonds is 5. The molecule has 0 spiro atoms. The Morgan fingerprint density at radius 3 is 2.35 bits per heavy atom. The molecule has 2 aromatic carbocycles. The number of nitrogens with zero attached hydrogens (tertiary/aromatic N) is 1. The molecule has 0 bridgehead atoms. The third kappa shape index (κ3) is 2.91. The summed E-state index contributed by atoms with van der Waals surface area (Å²) < 4.78 is 5.40. The van der Waals surface area contributed by atoms with Gasteiger partial charge in [-0.1, -0.05) is 0 Å². The van der Waals surface area contributed by atoms with Crippen molar-refractivity contribution in [3.63, 3.8) is 0 Å². The first-order chi connectivity index (χ1) is 9.65. The van der Waals surface area contributed by atoms with Crippen LogP contribution in [0.25, 0.3) is 0 Å². The Bertz CT molecular complexity index is 593. The quantitative estimate of drug-likeness (QED) is 0.847. The summed E-state index contributed by atoms with van der Waals surface area (Å²) in [6, 6.07) is 12.6. The maximum atomic E-state index is 10.7. The van der Waals surface area contributed by atoms with Gasteiger partial charge in [0, 0.05) is 24.5 Å². The van der Waals surface area contributed by atoms with Crippen molar-refractivity contribution in [2.45, 2.75) is 6.92 Å².